The summed E-state index contributed by atoms with van der Waals surface area (Å²) in [4.78, 5) is 28.5. The van der Waals surface area contributed by atoms with Crippen LogP contribution in [0.25, 0.3) is 11.1 Å². The first kappa shape index (κ1) is 25.1. The standard InChI is InChI=1S/C25H30Cl2N6O3/c1-15-22-16(10-17(26)11-18(22)27)4-6-33(15)24(34)21-14-32(8-9-35-21)20-13-28-12-19-23(20)36-25(30-19)29-5-7-31(2)3/h10-13,15,21H,4-9,14H2,1-3H3,(H,29,30)/t15-,21+/m0/s1. The number of amides is 1. The van der Waals surface area contributed by atoms with Gasteiger partial charge in [0.25, 0.3) is 11.9 Å². The zero-order valence-electron chi connectivity index (χ0n) is 20.6. The molecule has 0 spiro atoms. The minimum absolute atomic E-state index is 0.0485. The Hall–Kier alpha value is -2.59. The number of ether oxygens (including phenoxy) is 1. The highest BCUT2D eigenvalue weighted by Crippen LogP contribution is 2.38. The molecule has 0 bridgehead atoms. The number of carbonyl (C=O) groups is 1. The Morgan fingerprint density at radius 3 is 2.89 bits per heavy atom. The number of fused-ring (bicyclic) bond motifs is 2. The first-order chi connectivity index (χ1) is 17.3. The summed E-state index contributed by atoms with van der Waals surface area (Å²) in [5.41, 5.74) is 4.17. The van der Waals surface area contributed by atoms with E-state index in [1.807, 2.05) is 32.0 Å². The number of halogens is 2. The fourth-order valence-electron chi connectivity index (χ4n) is 4.93. The maximum absolute atomic E-state index is 13.6. The smallest absolute Gasteiger partial charge is 0.295 e. The quantitative estimate of drug-likeness (QED) is 0.512. The topological polar surface area (TPSA) is 87.0 Å². The van der Waals surface area contributed by atoms with E-state index in [4.69, 9.17) is 32.4 Å². The highest BCUT2D eigenvalue weighted by atomic mass is 35.5. The van der Waals surface area contributed by atoms with Crippen LogP contribution >= 0.6 is 23.2 Å². The number of morpholine rings is 1. The van der Waals surface area contributed by atoms with Crippen molar-refractivity contribution >= 4 is 51.9 Å². The fraction of sp³-hybridized carbons (Fsp3) is 0.480. The van der Waals surface area contributed by atoms with Gasteiger partial charge in [0.15, 0.2) is 11.7 Å². The van der Waals surface area contributed by atoms with Gasteiger partial charge in [-0.1, -0.05) is 23.2 Å². The van der Waals surface area contributed by atoms with Gasteiger partial charge >= 0.3 is 0 Å². The van der Waals surface area contributed by atoms with Crippen molar-refractivity contribution in [3.63, 3.8) is 0 Å². The molecule has 1 N–H and O–H groups in total. The van der Waals surface area contributed by atoms with Gasteiger partial charge in [-0.05, 0) is 50.7 Å². The van der Waals surface area contributed by atoms with Crippen LogP contribution in [0, 0.1) is 0 Å². The van der Waals surface area contributed by atoms with Crippen LogP contribution in [0.3, 0.4) is 0 Å². The Balaban J connectivity index is 1.32. The predicted octanol–water partition coefficient (Wildman–Crippen LogP) is 3.85. The molecule has 192 valence electrons. The number of benzene rings is 1. The van der Waals surface area contributed by atoms with Crippen LogP contribution in [-0.2, 0) is 16.0 Å². The van der Waals surface area contributed by atoms with Crippen molar-refractivity contribution in [3.05, 3.63) is 45.7 Å². The summed E-state index contributed by atoms with van der Waals surface area (Å²) in [6, 6.07) is 3.97. The number of nitrogens with zero attached hydrogens (tertiary/aromatic N) is 5. The van der Waals surface area contributed by atoms with E-state index in [0.717, 1.165) is 23.4 Å². The molecule has 0 unspecified atom stereocenters. The Labute approximate surface area is 220 Å². The second kappa shape index (κ2) is 10.4. The maximum Gasteiger partial charge on any atom is 0.295 e. The average Bonchev–Trinajstić information content (AvgIpc) is 3.26. The van der Waals surface area contributed by atoms with Gasteiger partial charge in [-0.25, -0.2) is 0 Å². The van der Waals surface area contributed by atoms with Gasteiger partial charge in [0.2, 0.25) is 0 Å². The second-order valence-corrected chi connectivity index (χ2v) is 10.3. The van der Waals surface area contributed by atoms with E-state index >= 15 is 0 Å². The van der Waals surface area contributed by atoms with Gasteiger partial charge < -0.3 is 29.2 Å². The molecule has 11 heteroatoms. The van der Waals surface area contributed by atoms with E-state index in [1.54, 1.807) is 18.5 Å². The lowest BCUT2D eigenvalue weighted by molar-refractivity contribution is -0.147. The van der Waals surface area contributed by atoms with E-state index in [0.29, 0.717) is 66.4 Å². The van der Waals surface area contributed by atoms with E-state index in [9.17, 15) is 4.79 Å². The lowest BCUT2D eigenvalue weighted by atomic mass is 9.93. The molecule has 1 saturated heterocycles. The maximum atomic E-state index is 13.6. The molecule has 5 rings (SSSR count). The van der Waals surface area contributed by atoms with Gasteiger partial charge in [0.05, 0.1) is 31.6 Å². The van der Waals surface area contributed by atoms with Crippen molar-refractivity contribution in [2.24, 2.45) is 0 Å². The minimum atomic E-state index is -0.607. The van der Waals surface area contributed by atoms with Crippen LogP contribution in [-0.4, -0.2) is 85.2 Å². The predicted molar refractivity (Wildman–Crippen MR) is 141 cm³/mol. The van der Waals surface area contributed by atoms with Crippen LogP contribution in [0.1, 0.15) is 24.1 Å². The molecule has 36 heavy (non-hydrogen) atoms. The average molecular weight is 533 g/mol. The number of anilines is 2. The molecular weight excluding hydrogens is 503 g/mol. The highest BCUT2D eigenvalue weighted by molar-refractivity contribution is 6.35. The molecular formula is C25H30Cl2N6O3. The van der Waals surface area contributed by atoms with Crippen LogP contribution in [0.15, 0.2) is 28.9 Å². The third kappa shape index (κ3) is 4.98. The molecule has 2 aromatic heterocycles. The SMILES string of the molecule is C[C@H]1c2c(Cl)cc(Cl)cc2CCN1C(=O)[C@H]1CN(c2cncc3nc(NCCN(C)C)oc23)CCO1. The summed E-state index contributed by atoms with van der Waals surface area (Å²) >= 11 is 12.7. The van der Waals surface area contributed by atoms with E-state index in [-0.39, 0.29) is 11.9 Å². The number of hydrogen-bond acceptors (Lipinski definition) is 8. The van der Waals surface area contributed by atoms with Crippen LogP contribution in [0.5, 0.6) is 0 Å². The van der Waals surface area contributed by atoms with Crippen LogP contribution < -0.4 is 10.2 Å². The summed E-state index contributed by atoms with van der Waals surface area (Å²) in [6.07, 6.45) is 3.54. The van der Waals surface area contributed by atoms with Crippen molar-refractivity contribution in [1.29, 1.82) is 0 Å². The molecule has 0 radical (unpaired) electrons. The summed E-state index contributed by atoms with van der Waals surface area (Å²) in [7, 11) is 4.03. The van der Waals surface area contributed by atoms with Crippen molar-refractivity contribution in [2.45, 2.75) is 25.5 Å². The van der Waals surface area contributed by atoms with Crippen molar-refractivity contribution in [2.75, 3.05) is 63.6 Å². The van der Waals surface area contributed by atoms with Gasteiger partial charge in [-0.15, -0.1) is 0 Å². The summed E-state index contributed by atoms with van der Waals surface area (Å²) in [5.74, 6) is -0.0485. The number of oxazole rings is 1. The molecule has 2 atom stereocenters. The molecule has 0 saturated carbocycles. The highest BCUT2D eigenvalue weighted by Gasteiger charge is 2.36. The number of rotatable bonds is 6. The van der Waals surface area contributed by atoms with Crippen molar-refractivity contribution < 1.29 is 13.9 Å². The molecule has 1 amide bonds. The van der Waals surface area contributed by atoms with Gasteiger partial charge in [0, 0.05) is 36.2 Å². The number of hydrogen-bond donors (Lipinski definition) is 1. The largest absolute Gasteiger partial charge is 0.421 e. The lowest BCUT2D eigenvalue weighted by Gasteiger charge is -2.40. The summed E-state index contributed by atoms with van der Waals surface area (Å²) in [5, 5.41) is 4.42. The Kier molecular flexibility index (Phi) is 7.25. The van der Waals surface area contributed by atoms with Gasteiger partial charge in [-0.2, -0.15) is 4.98 Å². The summed E-state index contributed by atoms with van der Waals surface area (Å²) in [6.45, 7) is 5.60. The number of nitrogens with one attached hydrogen (secondary N) is 1. The molecule has 3 aromatic rings. The molecule has 2 aliphatic rings. The monoisotopic (exact) mass is 532 g/mol. The third-order valence-corrected chi connectivity index (χ3v) is 7.30. The minimum Gasteiger partial charge on any atom is -0.421 e. The second-order valence-electron chi connectivity index (χ2n) is 9.48. The lowest BCUT2D eigenvalue weighted by Crippen LogP contribution is -2.53. The zero-order valence-corrected chi connectivity index (χ0v) is 22.1. The van der Waals surface area contributed by atoms with Crippen LogP contribution in [0.4, 0.5) is 11.7 Å². The molecule has 9 nitrogen and oxygen atoms in total. The van der Waals surface area contributed by atoms with Crippen molar-refractivity contribution in [1.82, 2.24) is 19.8 Å². The number of aromatic nitrogens is 2. The summed E-state index contributed by atoms with van der Waals surface area (Å²) < 4.78 is 12.0. The van der Waals surface area contributed by atoms with E-state index in [1.165, 1.54) is 0 Å². The van der Waals surface area contributed by atoms with Gasteiger partial charge in [0.1, 0.15) is 11.2 Å². The van der Waals surface area contributed by atoms with Crippen molar-refractivity contribution in [3.8, 4) is 0 Å². The first-order valence-electron chi connectivity index (χ1n) is 12.1. The molecule has 2 aliphatic heterocycles. The molecule has 0 aliphatic carbocycles. The molecule has 1 aromatic carbocycles. The number of likely N-dealkylation sites (N-methyl/N-ethyl adjacent to an activating group) is 1. The number of carbonyl (C=O) groups excluding carboxylic acids is 1. The Morgan fingerprint density at radius 1 is 1.25 bits per heavy atom. The van der Waals surface area contributed by atoms with Crippen LogP contribution in [0.2, 0.25) is 10.0 Å². The number of pyridine rings is 1. The molecule has 1 fully saturated rings. The Morgan fingerprint density at radius 2 is 2.08 bits per heavy atom. The zero-order chi connectivity index (χ0) is 25.4. The first-order valence-corrected chi connectivity index (χ1v) is 12.9. The third-order valence-electron chi connectivity index (χ3n) is 6.77. The van der Waals surface area contributed by atoms with Gasteiger partial charge in [-0.3, -0.25) is 9.78 Å². The fourth-order valence-corrected chi connectivity index (χ4v) is 5.63. The Bertz CT molecular complexity index is 1270. The van der Waals surface area contributed by atoms with E-state index < -0.39 is 6.10 Å². The van der Waals surface area contributed by atoms with E-state index in [2.05, 4.69) is 25.1 Å². The normalized spacial score (nSPS) is 20.2. The molecule has 4 heterocycles.